The van der Waals surface area contributed by atoms with Crippen molar-refractivity contribution in [3.05, 3.63) is 59.2 Å². The number of hydrogen-bond acceptors (Lipinski definition) is 3. The molecule has 1 aromatic carbocycles. The van der Waals surface area contributed by atoms with E-state index >= 15 is 0 Å². The van der Waals surface area contributed by atoms with Gasteiger partial charge in [0.1, 0.15) is 5.82 Å². The summed E-state index contributed by atoms with van der Waals surface area (Å²) in [5, 5.41) is 0. The number of rotatable bonds is 4. The van der Waals surface area contributed by atoms with Gasteiger partial charge in [-0.2, -0.15) is 0 Å². The number of aromatic nitrogens is 3. The maximum Gasteiger partial charge on any atom is 0.259 e. The van der Waals surface area contributed by atoms with Gasteiger partial charge in [0.05, 0.1) is 11.3 Å². The molecule has 2 aliphatic rings. The number of aromatic amines is 2. The van der Waals surface area contributed by atoms with Gasteiger partial charge < -0.3 is 20.6 Å². The number of benzene rings is 1. The second-order valence-electron chi connectivity index (χ2n) is 8.97. The number of aryl methyl sites for hydroxylation is 2. The van der Waals surface area contributed by atoms with Gasteiger partial charge in [-0.05, 0) is 69.2 Å². The van der Waals surface area contributed by atoms with Crippen LogP contribution >= 0.6 is 0 Å². The second kappa shape index (κ2) is 7.85. The first-order valence-electron chi connectivity index (χ1n) is 11.1. The summed E-state index contributed by atoms with van der Waals surface area (Å²) >= 11 is 0. The third kappa shape index (κ3) is 3.72. The molecule has 1 aliphatic carbocycles. The summed E-state index contributed by atoms with van der Waals surface area (Å²) in [4.78, 5) is 26.5. The zero-order chi connectivity index (χ0) is 21.5. The average molecular weight is 416 g/mol. The molecule has 31 heavy (non-hydrogen) atoms. The lowest BCUT2D eigenvalue weighted by molar-refractivity contribution is -0.113. The molecular formula is C25H29N5O. The molecule has 5 rings (SSSR count). The van der Waals surface area contributed by atoms with E-state index in [2.05, 4.69) is 40.1 Å². The number of H-pyrrole nitrogens is 2. The van der Waals surface area contributed by atoms with Crippen molar-refractivity contribution in [2.45, 2.75) is 45.6 Å². The van der Waals surface area contributed by atoms with Gasteiger partial charge in [0.15, 0.2) is 0 Å². The standard InChI is InChI=1S/C25H29N5O/c1-15-11-16(2)29-22(15)13-21-20-8-5-18(24-27-9-10-28-24)12-23(20)30(25(21)31)14-17-3-6-19(26)7-4-17/h5,8-13,17,19,29H,3-4,6-7,14,26H2,1-2H3,(H,27,28)/b21-13-. The highest BCUT2D eigenvalue weighted by molar-refractivity contribution is 6.36. The van der Waals surface area contributed by atoms with Crippen LogP contribution in [0.25, 0.3) is 23.0 Å². The van der Waals surface area contributed by atoms with Crippen LogP contribution in [0, 0.1) is 19.8 Å². The largest absolute Gasteiger partial charge is 0.359 e. The number of nitrogens with zero attached hydrogens (tertiary/aromatic N) is 2. The molecule has 2 aromatic heterocycles. The Morgan fingerprint density at radius 2 is 2.00 bits per heavy atom. The Bertz CT molecular complexity index is 1130. The first-order chi connectivity index (χ1) is 15.0. The Morgan fingerprint density at radius 3 is 2.68 bits per heavy atom. The van der Waals surface area contributed by atoms with Crippen molar-refractivity contribution in [3.63, 3.8) is 0 Å². The third-order valence-corrected chi connectivity index (χ3v) is 6.64. The van der Waals surface area contributed by atoms with Crippen molar-refractivity contribution in [2.75, 3.05) is 11.4 Å². The van der Waals surface area contributed by atoms with E-state index in [1.165, 1.54) is 0 Å². The Kier molecular flexibility index (Phi) is 5.02. The molecular weight excluding hydrogens is 386 g/mol. The maximum absolute atomic E-state index is 13.6. The number of carbonyl (C=O) groups excluding carboxylic acids is 1. The van der Waals surface area contributed by atoms with E-state index in [1.54, 1.807) is 6.20 Å². The van der Waals surface area contributed by atoms with E-state index in [0.29, 0.717) is 12.0 Å². The normalized spacial score (nSPS) is 22.4. The van der Waals surface area contributed by atoms with Gasteiger partial charge in [-0.3, -0.25) is 4.79 Å². The number of amides is 1. The summed E-state index contributed by atoms with van der Waals surface area (Å²) in [7, 11) is 0. The van der Waals surface area contributed by atoms with E-state index in [4.69, 9.17) is 5.73 Å². The molecule has 0 radical (unpaired) electrons. The lowest BCUT2D eigenvalue weighted by atomic mass is 9.86. The van der Waals surface area contributed by atoms with Crippen LogP contribution in [0.2, 0.25) is 0 Å². The molecule has 6 heteroatoms. The van der Waals surface area contributed by atoms with E-state index < -0.39 is 0 Å². The van der Waals surface area contributed by atoms with E-state index in [-0.39, 0.29) is 5.91 Å². The van der Waals surface area contributed by atoms with E-state index in [9.17, 15) is 4.79 Å². The number of hydrogen-bond donors (Lipinski definition) is 3. The smallest absolute Gasteiger partial charge is 0.259 e. The molecule has 0 atom stereocenters. The van der Waals surface area contributed by atoms with Crippen LogP contribution in [0.5, 0.6) is 0 Å². The fourth-order valence-corrected chi connectivity index (χ4v) is 4.92. The van der Waals surface area contributed by atoms with Crippen molar-refractivity contribution in [1.82, 2.24) is 15.0 Å². The molecule has 4 N–H and O–H groups in total. The predicted molar refractivity (Wildman–Crippen MR) is 124 cm³/mol. The molecule has 1 saturated carbocycles. The van der Waals surface area contributed by atoms with Crippen molar-refractivity contribution < 1.29 is 4.79 Å². The molecule has 0 saturated heterocycles. The van der Waals surface area contributed by atoms with Crippen LogP contribution in [0.15, 0.2) is 36.7 Å². The van der Waals surface area contributed by atoms with Crippen molar-refractivity contribution in [1.29, 1.82) is 0 Å². The zero-order valence-corrected chi connectivity index (χ0v) is 18.1. The Hall–Kier alpha value is -3.12. The fraction of sp³-hybridized carbons (Fsp3) is 0.360. The van der Waals surface area contributed by atoms with Gasteiger partial charge in [0.25, 0.3) is 5.91 Å². The van der Waals surface area contributed by atoms with Crippen LogP contribution in [0.1, 0.15) is 48.2 Å². The highest BCUT2D eigenvalue weighted by Crippen LogP contribution is 2.41. The van der Waals surface area contributed by atoms with Crippen LogP contribution in [-0.2, 0) is 4.79 Å². The summed E-state index contributed by atoms with van der Waals surface area (Å²) in [6, 6.07) is 8.59. The molecule has 1 aliphatic heterocycles. The molecule has 3 aromatic rings. The minimum Gasteiger partial charge on any atom is -0.359 e. The fourth-order valence-electron chi connectivity index (χ4n) is 4.92. The molecule has 160 valence electrons. The number of fused-ring (bicyclic) bond motifs is 1. The van der Waals surface area contributed by atoms with Gasteiger partial charge >= 0.3 is 0 Å². The van der Waals surface area contributed by atoms with Crippen molar-refractivity contribution >= 4 is 23.2 Å². The summed E-state index contributed by atoms with van der Waals surface area (Å²) < 4.78 is 0. The number of anilines is 1. The number of nitrogens with two attached hydrogens (primary N) is 1. The van der Waals surface area contributed by atoms with Crippen LogP contribution in [0.4, 0.5) is 5.69 Å². The van der Waals surface area contributed by atoms with Crippen molar-refractivity contribution in [3.8, 4) is 11.4 Å². The molecule has 6 nitrogen and oxygen atoms in total. The molecule has 1 amide bonds. The third-order valence-electron chi connectivity index (χ3n) is 6.64. The average Bonchev–Trinajstić information content (AvgIpc) is 3.45. The summed E-state index contributed by atoms with van der Waals surface area (Å²) in [6.45, 7) is 4.84. The van der Waals surface area contributed by atoms with Gasteiger partial charge in [0.2, 0.25) is 0 Å². The van der Waals surface area contributed by atoms with Gasteiger partial charge in [-0.1, -0.05) is 12.1 Å². The van der Waals surface area contributed by atoms with Gasteiger partial charge in [0, 0.05) is 47.5 Å². The first-order valence-corrected chi connectivity index (χ1v) is 11.1. The molecule has 0 spiro atoms. The highest BCUT2D eigenvalue weighted by Gasteiger charge is 2.35. The molecule has 0 unspecified atom stereocenters. The van der Waals surface area contributed by atoms with Crippen LogP contribution in [-0.4, -0.2) is 33.4 Å². The monoisotopic (exact) mass is 415 g/mol. The zero-order valence-electron chi connectivity index (χ0n) is 18.1. The Balaban J connectivity index is 1.55. The van der Waals surface area contributed by atoms with Crippen LogP contribution < -0.4 is 10.6 Å². The molecule has 0 bridgehead atoms. The number of carbonyl (C=O) groups is 1. The number of imidazole rings is 1. The minimum atomic E-state index is 0.0770. The van der Waals surface area contributed by atoms with E-state index in [0.717, 1.165) is 77.4 Å². The minimum absolute atomic E-state index is 0.0770. The molecule has 3 heterocycles. The van der Waals surface area contributed by atoms with Gasteiger partial charge in [-0.25, -0.2) is 4.98 Å². The highest BCUT2D eigenvalue weighted by atomic mass is 16.2. The van der Waals surface area contributed by atoms with Crippen LogP contribution in [0.3, 0.4) is 0 Å². The Labute approximate surface area is 182 Å². The Morgan fingerprint density at radius 1 is 1.19 bits per heavy atom. The maximum atomic E-state index is 13.6. The SMILES string of the molecule is Cc1cc(C)c(/C=C2\C(=O)N(CC3CCC(N)CC3)c3cc(-c4ncc[nH]4)ccc32)[nH]1. The second-order valence-corrected chi connectivity index (χ2v) is 8.97. The predicted octanol–water partition coefficient (Wildman–Crippen LogP) is 4.43. The quantitative estimate of drug-likeness (QED) is 0.551. The lowest BCUT2D eigenvalue weighted by Crippen LogP contribution is -2.36. The summed E-state index contributed by atoms with van der Waals surface area (Å²) in [5.74, 6) is 1.37. The first kappa shape index (κ1) is 19.8. The summed E-state index contributed by atoms with van der Waals surface area (Å²) in [5.41, 5.74) is 13.0. The van der Waals surface area contributed by atoms with E-state index in [1.807, 2.05) is 30.2 Å². The number of nitrogens with one attached hydrogen (secondary N) is 2. The summed E-state index contributed by atoms with van der Waals surface area (Å²) in [6.07, 6.45) is 9.80. The van der Waals surface area contributed by atoms with Crippen molar-refractivity contribution in [2.24, 2.45) is 11.7 Å². The lowest BCUT2D eigenvalue weighted by Gasteiger charge is -2.30. The van der Waals surface area contributed by atoms with Gasteiger partial charge in [-0.15, -0.1) is 0 Å². The topological polar surface area (TPSA) is 90.8 Å². The molecule has 1 fully saturated rings.